The van der Waals surface area contributed by atoms with E-state index in [2.05, 4.69) is 28.9 Å². The van der Waals surface area contributed by atoms with Crippen LogP contribution in [0.5, 0.6) is 11.5 Å². The molecule has 2 aromatic heterocycles. The third kappa shape index (κ3) is 2.79. The maximum Gasteiger partial charge on any atom is 0.213 e. The van der Waals surface area contributed by atoms with Gasteiger partial charge in [-0.3, -0.25) is 0 Å². The normalized spacial score (nSPS) is 11.4. The van der Waals surface area contributed by atoms with E-state index in [1.807, 2.05) is 53.9 Å². The Hall–Kier alpha value is -3.35. The first kappa shape index (κ1) is 18.0. The number of rotatable bonds is 5. The first-order valence-electron chi connectivity index (χ1n) is 9.14. The van der Waals surface area contributed by atoms with E-state index in [-0.39, 0.29) is 6.04 Å². The van der Waals surface area contributed by atoms with E-state index in [1.54, 1.807) is 14.2 Å². The lowest BCUT2D eigenvalue weighted by atomic mass is 10.2. The molecule has 7 heteroatoms. The lowest BCUT2D eigenvalue weighted by Gasteiger charge is -2.24. The highest BCUT2D eigenvalue weighted by molar-refractivity contribution is 5.93. The van der Waals surface area contributed by atoms with Gasteiger partial charge in [0.1, 0.15) is 0 Å². The van der Waals surface area contributed by atoms with Gasteiger partial charge < -0.3 is 14.4 Å². The van der Waals surface area contributed by atoms with Crippen LogP contribution in [0.25, 0.3) is 27.9 Å². The van der Waals surface area contributed by atoms with Crippen molar-refractivity contribution in [3.8, 4) is 22.9 Å². The molecule has 0 aliphatic heterocycles. The van der Waals surface area contributed by atoms with Crippen LogP contribution in [0.2, 0.25) is 0 Å². The average molecular weight is 377 g/mol. The number of para-hydroxylation sites is 1. The summed E-state index contributed by atoms with van der Waals surface area (Å²) in [6.45, 7) is 4.26. The maximum absolute atomic E-state index is 5.46. The standard InChI is InChI=1S/C21H23N5O2/c1-13(2)25(3)21-22-16-9-7-6-8-15(16)20-24-23-19(26(20)21)14-10-11-17(27-4)18(12-14)28-5/h6-13H,1-5H3. The third-order valence-corrected chi connectivity index (χ3v) is 4.96. The zero-order valence-corrected chi connectivity index (χ0v) is 16.7. The third-order valence-electron chi connectivity index (χ3n) is 4.96. The second-order valence-corrected chi connectivity index (χ2v) is 6.89. The molecule has 144 valence electrons. The van der Waals surface area contributed by atoms with Gasteiger partial charge in [0, 0.05) is 24.0 Å². The highest BCUT2D eigenvalue weighted by Gasteiger charge is 2.20. The number of fused-ring (bicyclic) bond motifs is 3. The summed E-state index contributed by atoms with van der Waals surface area (Å²) in [7, 11) is 5.27. The molecule has 0 aliphatic rings. The molecule has 4 rings (SSSR count). The van der Waals surface area contributed by atoms with Crippen molar-refractivity contribution < 1.29 is 9.47 Å². The summed E-state index contributed by atoms with van der Waals surface area (Å²) in [5.41, 5.74) is 2.54. The first-order valence-corrected chi connectivity index (χ1v) is 9.14. The molecule has 0 spiro atoms. The summed E-state index contributed by atoms with van der Waals surface area (Å²) in [5.74, 6) is 2.81. The molecule has 0 radical (unpaired) electrons. The number of methoxy groups -OCH3 is 2. The van der Waals surface area contributed by atoms with Gasteiger partial charge in [-0.2, -0.15) is 0 Å². The molecule has 0 aliphatic carbocycles. The molecule has 0 N–H and O–H groups in total. The van der Waals surface area contributed by atoms with Gasteiger partial charge in [-0.1, -0.05) is 12.1 Å². The fraction of sp³-hybridized carbons (Fsp3) is 0.286. The fourth-order valence-corrected chi connectivity index (χ4v) is 3.20. The molecule has 28 heavy (non-hydrogen) atoms. The van der Waals surface area contributed by atoms with Crippen molar-refractivity contribution in [3.05, 3.63) is 42.5 Å². The summed E-state index contributed by atoms with van der Waals surface area (Å²) in [6.07, 6.45) is 0. The monoisotopic (exact) mass is 377 g/mol. The Balaban J connectivity index is 2.04. The lowest BCUT2D eigenvalue weighted by Crippen LogP contribution is -2.28. The van der Waals surface area contributed by atoms with E-state index in [9.17, 15) is 0 Å². The molecule has 0 bridgehead atoms. The van der Waals surface area contributed by atoms with Crippen molar-refractivity contribution in [2.24, 2.45) is 0 Å². The highest BCUT2D eigenvalue weighted by atomic mass is 16.5. The molecule has 0 amide bonds. The van der Waals surface area contributed by atoms with E-state index in [0.717, 1.165) is 28.1 Å². The quantitative estimate of drug-likeness (QED) is 0.527. The van der Waals surface area contributed by atoms with Crippen LogP contribution in [0.3, 0.4) is 0 Å². The zero-order valence-electron chi connectivity index (χ0n) is 16.7. The Morgan fingerprint density at radius 2 is 1.71 bits per heavy atom. The molecule has 7 nitrogen and oxygen atoms in total. The highest BCUT2D eigenvalue weighted by Crippen LogP contribution is 2.34. The second-order valence-electron chi connectivity index (χ2n) is 6.89. The van der Waals surface area contributed by atoms with Gasteiger partial charge in [-0.15, -0.1) is 10.2 Å². The smallest absolute Gasteiger partial charge is 0.213 e. The minimum absolute atomic E-state index is 0.262. The van der Waals surface area contributed by atoms with Gasteiger partial charge in [-0.25, -0.2) is 9.38 Å². The van der Waals surface area contributed by atoms with E-state index >= 15 is 0 Å². The number of nitrogens with zero attached hydrogens (tertiary/aromatic N) is 5. The van der Waals surface area contributed by atoms with Crippen molar-refractivity contribution in [1.82, 2.24) is 19.6 Å². The van der Waals surface area contributed by atoms with Gasteiger partial charge in [-0.05, 0) is 44.2 Å². The summed E-state index contributed by atoms with van der Waals surface area (Å²) in [5, 5.41) is 9.96. The van der Waals surface area contributed by atoms with Crippen molar-refractivity contribution in [1.29, 1.82) is 0 Å². The minimum Gasteiger partial charge on any atom is -0.493 e. The van der Waals surface area contributed by atoms with Crippen molar-refractivity contribution in [3.63, 3.8) is 0 Å². The maximum atomic E-state index is 5.46. The second kappa shape index (κ2) is 6.99. The number of benzene rings is 2. The van der Waals surface area contributed by atoms with Crippen molar-refractivity contribution >= 4 is 22.5 Å². The molecular weight excluding hydrogens is 354 g/mol. The van der Waals surface area contributed by atoms with Gasteiger partial charge in [0.15, 0.2) is 23.0 Å². The van der Waals surface area contributed by atoms with Gasteiger partial charge in [0.25, 0.3) is 0 Å². The number of hydrogen-bond acceptors (Lipinski definition) is 6. The van der Waals surface area contributed by atoms with Gasteiger partial charge in [0.2, 0.25) is 5.95 Å². The summed E-state index contributed by atoms with van der Waals surface area (Å²) >= 11 is 0. The van der Waals surface area contributed by atoms with E-state index in [0.29, 0.717) is 17.3 Å². The van der Waals surface area contributed by atoms with Crippen LogP contribution in [-0.4, -0.2) is 46.9 Å². The number of aromatic nitrogens is 4. The molecule has 4 aromatic rings. The topological polar surface area (TPSA) is 64.8 Å². The summed E-state index contributed by atoms with van der Waals surface area (Å²) < 4.78 is 12.8. The number of anilines is 1. The van der Waals surface area contributed by atoms with Crippen LogP contribution >= 0.6 is 0 Å². The summed E-state index contributed by atoms with van der Waals surface area (Å²) in [6, 6.07) is 14.0. The van der Waals surface area contributed by atoms with Crippen LogP contribution in [-0.2, 0) is 0 Å². The first-order chi connectivity index (χ1) is 13.5. The molecule has 0 fully saturated rings. The van der Waals surface area contributed by atoms with Gasteiger partial charge in [0.05, 0.1) is 19.7 Å². The molecule has 2 aromatic carbocycles. The molecule has 0 saturated heterocycles. The SMILES string of the molecule is COc1ccc(-c2nnc3c4ccccc4nc(N(C)C(C)C)n23)cc1OC. The van der Waals surface area contributed by atoms with Crippen LogP contribution in [0.4, 0.5) is 5.95 Å². The van der Waals surface area contributed by atoms with E-state index in [4.69, 9.17) is 14.5 Å². The Morgan fingerprint density at radius 1 is 0.964 bits per heavy atom. The molecule has 0 saturated carbocycles. The number of hydrogen-bond donors (Lipinski definition) is 0. The summed E-state index contributed by atoms with van der Waals surface area (Å²) in [4.78, 5) is 7.03. The van der Waals surface area contributed by atoms with Crippen LogP contribution in [0.1, 0.15) is 13.8 Å². The molecular formula is C21H23N5O2. The molecule has 2 heterocycles. The predicted molar refractivity (Wildman–Crippen MR) is 110 cm³/mol. The Morgan fingerprint density at radius 3 is 2.43 bits per heavy atom. The van der Waals surface area contributed by atoms with Crippen molar-refractivity contribution in [2.75, 3.05) is 26.2 Å². The largest absolute Gasteiger partial charge is 0.493 e. The lowest BCUT2D eigenvalue weighted by molar-refractivity contribution is 0.355. The average Bonchev–Trinajstić information content (AvgIpc) is 3.17. The van der Waals surface area contributed by atoms with E-state index in [1.165, 1.54) is 0 Å². The number of ether oxygens (including phenoxy) is 2. The molecule has 0 atom stereocenters. The Kier molecular flexibility index (Phi) is 4.50. The van der Waals surface area contributed by atoms with E-state index < -0.39 is 0 Å². The predicted octanol–water partition coefficient (Wildman–Crippen LogP) is 3.81. The van der Waals surface area contributed by atoms with Crippen LogP contribution in [0.15, 0.2) is 42.5 Å². The fourth-order valence-electron chi connectivity index (χ4n) is 3.20. The Bertz CT molecular complexity index is 1150. The van der Waals surface area contributed by atoms with Crippen LogP contribution in [0, 0.1) is 0 Å². The minimum atomic E-state index is 0.262. The molecule has 0 unspecified atom stereocenters. The van der Waals surface area contributed by atoms with Crippen LogP contribution < -0.4 is 14.4 Å². The zero-order chi connectivity index (χ0) is 19.8. The Labute approximate surface area is 163 Å². The van der Waals surface area contributed by atoms with Crippen molar-refractivity contribution in [2.45, 2.75) is 19.9 Å². The van der Waals surface area contributed by atoms with Gasteiger partial charge >= 0.3 is 0 Å².